The van der Waals surface area contributed by atoms with Crippen LogP contribution in [-0.4, -0.2) is 35.2 Å². The van der Waals surface area contributed by atoms with E-state index in [2.05, 4.69) is 41.8 Å². The van der Waals surface area contributed by atoms with Crippen LogP contribution in [0.25, 0.3) is 20.9 Å². The number of aliphatic hydroxyl groups is 2. The van der Waals surface area contributed by atoms with Crippen LogP contribution < -0.4 is 0 Å². The first kappa shape index (κ1) is 16.5. The van der Waals surface area contributed by atoms with Crippen molar-refractivity contribution in [2.24, 2.45) is 10.4 Å². The molecular formula is C21H21NO2S. The Hall–Kier alpha value is -2.01. The molecule has 128 valence electrons. The molecule has 1 unspecified atom stereocenters. The zero-order chi connectivity index (χ0) is 17.5. The van der Waals surface area contributed by atoms with Gasteiger partial charge in [-0.05, 0) is 45.3 Å². The summed E-state index contributed by atoms with van der Waals surface area (Å²) >= 11 is 1.76. The van der Waals surface area contributed by atoms with E-state index in [4.69, 9.17) is 4.99 Å². The molecule has 4 heteroatoms. The van der Waals surface area contributed by atoms with E-state index in [0.29, 0.717) is 6.42 Å². The number of aliphatic hydroxyl groups excluding tert-OH is 2. The van der Waals surface area contributed by atoms with Crippen molar-refractivity contribution in [2.75, 3.05) is 13.2 Å². The van der Waals surface area contributed by atoms with Gasteiger partial charge >= 0.3 is 0 Å². The molecule has 4 rings (SSSR count). The van der Waals surface area contributed by atoms with Gasteiger partial charge in [0, 0.05) is 22.8 Å². The Balaban J connectivity index is 1.91. The molecule has 0 saturated carbocycles. The summed E-state index contributed by atoms with van der Waals surface area (Å²) in [4.78, 5) is 4.70. The molecule has 0 radical (unpaired) electrons. The van der Waals surface area contributed by atoms with Gasteiger partial charge in [-0.2, -0.15) is 0 Å². The third-order valence-electron chi connectivity index (χ3n) is 5.51. The number of nitrogens with zero attached hydrogens (tertiary/aromatic N) is 1. The van der Waals surface area contributed by atoms with Crippen molar-refractivity contribution in [3.8, 4) is 0 Å². The monoisotopic (exact) mass is 351 g/mol. The number of allylic oxidation sites excluding steroid dienone is 1. The van der Waals surface area contributed by atoms with Crippen LogP contribution in [0.2, 0.25) is 0 Å². The maximum Gasteiger partial charge on any atom is 0.0928 e. The van der Waals surface area contributed by atoms with Crippen molar-refractivity contribution in [3.63, 3.8) is 0 Å². The van der Waals surface area contributed by atoms with Crippen LogP contribution in [-0.2, 0) is 6.42 Å². The van der Waals surface area contributed by atoms with E-state index in [-0.39, 0.29) is 13.2 Å². The SMILES string of the molecule is CC(CO)(CO)C1(Cc2cc3ccsc3c3ccccc23)C=CC=N1. The molecule has 2 aromatic carbocycles. The zero-order valence-corrected chi connectivity index (χ0v) is 15.0. The second-order valence-electron chi connectivity index (χ2n) is 7.04. The first-order valence-corrected chi connectivity index (χ1v) is 9.33. The Morgan fingerprint density at radius 1 is 1.12 bits per heavy atom. The molecule has 1 atom stereocenters. The Kier molecular flexibility index (Phi) is 3.99. The second-order valence-corrected chi connectivity index (χ2v) is 7.95. The highest BCUT2D eigenvalue weighted by Gasteiger charge is 2.47. The molecule has 3 aromatic rings. The van der Waals surface area contributed by atoms with Gasteiger partial charge in [0.25, 0.3) is 0 Å². The number of benzene rings is 2. The van der Waals surface area contributed by atoms with Crippen molar-refractivity contribution >= 4 is 38.4 Å². The number of hydrogen-bond donors (Lipinski definition) is 2. The van der Waals surface area contributed by atoms with Crippen LogP contribution >= 0.6 is 11.3 Å². The standard InChI is InChI=1S/C21H21NO2S/c1-20(13-23,14-24)21(8-4-9-22-21)12-16-11-15-7-10-25-19(15)18-6-3-2-5-17(16)18/h2-11,23-24H,12-14H2,1H3. The summed E-state index contributed by atoms with van der Waals surface area (Å²) in [5.41, 5.74) is -0.164. The van der Waals surface area contributed by atoms with E-state index in [1.54, 1.807) is 17.6 Å². The van der Waals surface area contributed by atoms with E-state index in [1.807, 2.05) is 19.1 Å². The summed E-state index contributed by atoms with van der Waals surface area (Å²) in [6.45, 7) is 1.65. The lowest BCUT2D eigenvalue weighted by atomic mass is 9.68. The molecule has 2 heterocycles. The molecule has 0 fully saturated rings. The smallest absolute Gasteiger partial charge is 0.0928 e. The molecule has 0 aliphatic carbocycles. The Bertz CT molecular complexity index is 970. The number of aliphatic imine (C=N–C) groups is 1. The summed E-state index contributed by atoms with van der Waals surface area (Å²) in [5, 5.41) is 25.8. The number of thiophene rings is 1. The Morgan fingerprint density at radius 3 is 2.56 bits per heavy atom. The predicted molar refractivity (Wildman–Crippen MR) is 106 cm³/mol. The van der Waals surface area contributed by atoms with Gasteiger partial charge in [0.15, 0.2) is 0 Å². The number of fused-ring (bicyclic) bond motifs is 3. The van der Waals surface area contributed by atoms with E-state index in [1.165, 1.54) is 26.4 Å². The molecule has 1 aliphatic heterocycles. The van der Waals surface area contributed by atoms with Crippen LogP contribution in [0.1, 0.15) is 12.5 Å². The van der Waals surface area contributed by atoms with Crippen LogP contribution in [0.4, 0.5) is 0 Å². The maximum absolute atomic E-state index is 9.97. The topological polar surface area (TPSA) is 52.8 Å². The van der Waals surface area contributed by atoms with Crippen LogP contribution in [0.3, 0.4) is 0 Å². The Morgan fingerprint density at radius 2 is 1.88 bits per heavy atom. The molecule has 1 aliphatic rings. The Labute approximate surface area is 151 Å². The van der Waals surface area contributed by atoms with Gasteiger partial charge in [0.2, 0.25) is 0 Å². The summed E-state index contributed by atoms with van der Waals surface area (Å²) in [6, 6.07) is 12.8. The highest BCUT2D eigenvalue weighted by Crippen LogP contribution is 2.42. The minimum Gasteiger partial charge on any atom is -0.396 e. The minimum atomic E-state index is -0.721. The largest absolute Gasteiger partial charge is 0.396 e. The molecular weight excluding hydrogens is 330 g/mol. The fourth-order valence-electron chi connectivity index (χ4n) is 3.74. The van der Waals surface area contributed by atoms with Crippen molar-refractivity contribution in [2.45, 2.75) is 18.9 Å². The first-order chi connectivity index (χ1) is 12.1. The molecule has 3 nitrogen and oxygen atoms in total. The lowest BCUT2D eigenvalue weighted by Gasteiger charge is -2.41. The average molecular weight is 351 g/mol. The molecule has 0 saturated heterocycles. The van der Waals surface area contributed by atoms with Gasteiger partial charge in [0.1, 0.15) is 0 Å². The maximum atomic E-state index is 9.97. The molecule has 25 heavy (non-hydrogen) atoms. The number of hydrogen-bond acceptors (Lipinski definition) is 4. The van der Waals surface area contributed by atoms with Gasteiger partial charge in [-0.3, -0.25) is 4.99 Å². The van der Waals surface area contributed by atoms with Crippen molar-refractivity contribution in [1.29, 1.82) is 0 Å². The summed E-state index contributed by atoms with van der Waals surface area (Å²) in [5.74, 6) is 0. The summed E-state index contributed by atoms with van der Waals surface area (Å²) < 4.78 is 1.30. The van der Waals surface area contributed by atoms with Gasteiger partial charge in [-0.1, -0.05) is 37.3 Å². The van der Waals surface area contributed by atoms with Gasteiger partial charge in [-0.15, -0.1) is 11.3 Å². The van der Waals surface area contributed by atoms with Gasteiger partial charge in [-0.25, -0.2) is 0 Å². The normalized spacial score (nSPS) is 20.1. The second kappa shape index (κ2) is 6.06. The van der Waals surface area contributed by atoms with Gasteiger partial charge in [0.05, 0.1) is 18.8 Å². The fraction of sp³-hybridized carbons (Fsp3) is 0.286. The van der Waals surface area contributed by atoms with Crippen molar-refractivity contribution < 1.29 is 10.2 Å². The van der Waals surface area contributed by atoms with E-state index in [0.717, 1.165) is 0 Å². The lowest BCUT2D eigenvalue weighted by molar-refractivity contribution is 0.0233. The predicted octanol–water partition coefficient (Wildman–Crippen LogP) is 3.97. The lowest BCUT2D eigenvalue weighted by Crippen LogP contribution is -2.49. The fourth-order valence-corrected chi connectivity index (χ4v) is 4.65. The van der Waals surface area contributed by atoms with Crippen LogP contribution in [0.15, 0.2) is 58.9 Å². The number of rotatable bonds is 5. The summed E-state index contributed by atoms with van der Waals surface area (Å²) in [7, 11) is 0. The van der Waals surface area contributed by atoms with Gasteiger partial charge < -0.3 is 10.2 Å². The highest BCUT2D eigenvalue weighted by atomic mass is 32.1. The zero-order valence-electron chi connectivity index (χ0n) is 14.1. The highest BCUT2D eigenvalue weighted by molar-refractivity contribution is 7.18. The van der Waals surface area contributed by atoms with Crippen molar-refractivity contribution in [3.05, 3.63) is 59.5 Å². The van der Waals surface area contributed by atoms with Crippen LogP contribution in [0, 0.1) is 5.41 Å². The summed E-state index contributed by atoms with van der Waals surface area (Å²) in [6.07, 6.45) is 6.35. The van der Waals surface area contributed by atoms with E-state index >= 15 is 0 Å². The molecule has 1 aromatic heterocycles. The van der Waals surface area contributed by atoms with E-state index < -0.39 is 11.0 Å². The third kappa shape index (κ3) is 2.44. The quantitative estimate of drug-likeness (QED) is 0.731. The van der Waals surface area contributed by atoms with Crippen LogP contribution in [0.5, 0.6) is 0 Å². The molecule has 0 amide bonds. The molecule has 2 N–H and O–H groups in total. The minimum absolute atomic E-state index is 0.121. The molecule has 0 spiro atoms. The third-order valence-corrected chi connectivity index (χ3v) is 6.47. The van der Waals surface area contributed by atoms with Crippen molar-refractivity contribution in [1.82, 2.24) is 0 Å². The first-order valence-electron chi connectivity index (χ1n) is 8.45. The van der Waals surface area contributed by atoms with E-state index in [9.17, 15) is 10.2 Å². The average Bonchev–Trinajstić information content (AvgIpc) is 3.31. The molecule has 0 bridgehead atoms.